The molecule has 1 fully saturated rings. The molecule has 6 nitrogen and oxygen atoms in total. The van der Waals surface area contributed by atoms with Gasteiger partial charge in [-0.2, -0.15) is 0 Å². The Bertz CT molecular complexity index is 1050. The SMILES string of the molecule is COC(=O)CNC(=O)C1(Cc2ccccc2-c2coc3ccccc23)CCOCC1. The summed E-state index contributed by atoms with van der Waals surface area (Å²) in [5.74, 6) is -0.598. The summed E-state index contributed by atoms with van der Waals surface area (Å²) in [7, 11) is 1.31. The molecular formula is C24H25NO5. The average molecular weight is 407 g/mol. The van der Waals surface area contributed by atoms with E-state index in [1.165, 1.54) is 7.11 Å². The maximum atomic E-state index is 13.2. The van der Waals surface area contributed by atoms with Gasteiger partial charge in [0.25, 0.3) is 0 Å². The van der Waals surface area contributed by atoms with Gasteiger partial charge in [-0.1, -0.05) is 42.5 Å². The Hall–Kier alpha value is -3.12. The van der Waals surface area contributed by atoms with Crippen molar-refractivity contribution in [3.8, 4) is 11.1 Å². The van der Waals surface area contributed by atoms with Crippen LogP contribution in [0.2, 0.25) is 0 Å². The van der Waals surface area contributed by atoms with Crippen molar-refractivity contribution in [3.05, 3.63) is 60.4 Å². The first-order chi connectivity index (χ1) is 14.6. The second-order valence-electron chi connectivity index (χ2n) is 7.63. The number of esters is 1. The first kappa shape index (κ1) is 20.2. The lowest BCUT2D eigenvalue weighted by Gasteiger charge is -2.36. The number of carbonyl (C=O) groups is 2. The minimum absolute atomic E-state index is 0.133. The van der Waals surface area contributed by atoms with Crippen molar-refractivity contribution in [3.63, 3.8) is 0 Å². The van der Waals surface area contributed by atoms with Gasteiger partial charge >= 0.3 is 5.97 Å². The molecule has 4 rings (SSSR count). The van der Waals surface area contributed by atoms with Crippen molar-refractivity contribution in [1.82, 2.24) is 5.32 Å². The van der Waals surface area contributed by atoms with Crippen LogP contribution < -0.4 is 5.32 Å². The maximum absolute atomic E-state index is 13.2. The van der Waals surface area contributed by atoms with Crippen LogP contribution in [-0.4, -0.2) is 38.7 Å². The number of nitrogens with one attached hydrogen (secondary N) is 1. The zero-order valence-electron chi connectivity index (χ0n) is 17.0. The number of para-hydroxylation sites is 1. The predicted molar refractivity (Wildman–Crippen MR) is 113 cm³/mol. The van der Waals surface area contributed by atoms with Gasteiger partial charge in [0.2, 0.25) is 5.91 Å². The predicted octanol–water partition coefficient (Wildman–Crippen LogP) is 3.73. The summed E-state index contributed by atoms with van der Waals surface area (Å²) in [5.41, 5.74) is 3.33. The highest BCUT2D eigenvalue weighted by Crippen LogP contribution is 2.39. The van der Waals surface area contributed by atoms with Crippen LogP contribution in [-0.2, 0) is 25.5 Å². The number of ether oxygens (including phenoxy) is 2. The van der Waals surface area contributed by atoms with Crippen LogP contribution in [0.5, 0.6) is 0 Å². The molecule has 1 saturated heterocycles. The van der Waals surface area contributed by atoms with Crippen LogP contribution >= 0.6 is 0 Å². The minimum Gasteiger partial charge on any atom is -0.468 e. The van der Waals surface area contributed by atoms with E-state index in [4.69, 9.17) is 9.15 Å². The van der Waals surface area contributed by atoms with E-state index in [2.05, 4.69) is 22.2 Å². The standard InChI is InChI=1S/C24H25NO5/c1-28-22(26)15-25-23(27)24(10-12-29-13-11-24)14-17-6-2-3-7-18(17)20-16-30-21-9-5-4-8-19(20)21/h2-9,16H,10-15H2,1H3,(H,25,27). The number of benzene rings is 2. The number of amides is 1. The number of methoxy groups -OCH3 is 1. The summed E-state index contributed by atoms with van der Waals surface area (Å²) < 4.78 is 15.9. The molecule has 0 aliphatic carbocycles. The minimum atomic E-state index is -0.637. The van der Waals surface area contributed by atoms with Gasteiger partial charge in [0.1, 0.15) is 12.1 Å². The summed E-state index contributed by atoms with van der Waals surface area (Å²) in [6.07, 6.45) is 3.53. The molecule has 0 spiro atoms. The van der Waals surface area contributed by atoms with Crippen LogP contribution in [0, 0.1) is 5.41 Å². The molecule has 0 bridgehead atoms. The lowest BCUT2D eigenvalue weighted by molar-refractivity contribution is -0.144. The zero-order chi connectivity index (χ0) is 21.0. The smallest absolute Gasteiger partial charge is 0.325 e. The van der Waals surface area contributed by atoms with Gasteiger partial charge in [-0.05, 0) is 36.5 Å². The summed E-state index contributed by atoms with van der Waals surface area (Å²) in [6.45, 7) is 0.900. The normalized spacial score (nSPS) is 15.6. The first-order valence-electron chi connectivity index (χ1n) is 10.1. The van der Waals surface area contributed by atoms with E-state index in [-0.39, 0.29) is 12.5 Å². The van der Waals surface area contributed by atoms with Gasteiger partial charge in [-0.25, -0.2) is 0 Å². The van der Waals surface area contributed by atoms with E-state index >= 15 is 0 Å². The Balaban J connectivity index is 1.67. The fourth-order valence-electron chi connectivity index (χ4n) is 4.15. The topological polar surface area (TPSA) is 77.8 Å². The highest BCUT2D eigenvalue weighted by Gasteiger charge is 2.40. The van der Waals surface area contributed by atoms with E-state index in [9.17, 15) is 9.59 Å². The number of furan rings is 1. The van der Waals surface area contributed by atoms with Crippen molar-refractivity contribution >= 4 is 22.8 Å². The summed E-state index contributed by atoms with van der Waals surface area (Å²) in [5, 5.41) is 3.80. The Morgan fingerprint density at radius 3 is 2.57 bits per heavy atom. The van der Waals surface area contributed by atoms with Crippen LogP contribution in [0.3, 0.4) is 0 Å². The van der Waals surface area contributed by atoms with E-state index < -0.39 is 11.4 Å². The Morgan fingerprint density at radius 2 is 1.77 bits per heavy atom. The zero-order valence-corrected chi connectivity index (χ0v) is 17.0. The molecule has 0 saturated carbocycles. The van der Waals surface area contributed by atoms with E-state index in [1.807, 2.05) is 36.4 Å². The molecule has 1 N–H and O–H groups in total. The molecule has 1 aromatic heterocycles. The highest BCUT2D eigenvalue weighted by molar-refractivity contribution is 5.95. The summed E-state index contributed by atoms with van der Waals surface area (Å²) in [4.78, 5) is 24.7. The number of rotatable bonds is 6. The largest absolute Gasteiger partial charge is 0.468 e. The Morgan fingerprint density at radius 1 is 1.03 bits per heavy atom. The van der Waals surface area contributed by atoms with Crippen molar-refractivity contribution in [2.24, 2.45) is 5.41 Å². The van der Waals surface area contributed by atoms with E-state index in [0.717, 1.165) is 27.7 Å². The number of hydrogen-bond acceptors (Lipinski definition) is 5. The second kappa shape index (κ2) is 8.71. The van der Waals surface area contributed by atoms with Gasteiger partial charge in [0, 0.05) is 24.2 Å². The molecule has 1 aliphatic rings. The first-order valence-corrected chi connectivity index (χ1v) is 10.1. The van der Waals surface area contributed by atoms with Crippen molar-refractivity contribution < 1.29 is 23.5 Å². The van der Waals surface area contributed by atoms with Crippen molar-refractivity contribution in [1.29, 1.82) is 0 Å². The summed E-state index contributed by atoms with van der Waals surface area (Å²) >= 11 is 0. The van der Waals surface area contributed by atoms with Crippen LogP contribution in [0.4, 0.5) is 0 Å². The van der Waals surface area contributed by atoms with Crippen LogP contribution in [0.15, 0.2) is 59.2 Å². The monoisotopic (exact) mass is 407 g/mol. The van der Waals surface area contributed by atoms with Crippen LogP contribution in [0.25, 0.3) is 22.1 Å². The third kappa shape index (κ3) is 3.96. The molecule has 1 aliphatic heterocycles. The Labute approximate surface area is 175 Å². The molecule has 2 aromatic carbocycles. The molecule has 0 atom stereocenters. The van der Waals surface area contributed by atoms with Crippen LogP contribution in [0.1, 0.15) is 18.4 Å². The molecule has 156 valence electrons. The van der Waals surface area contributed by atoms with Gasteiger partial charge in [-0.3, -0.25) is 9.59 Å². The van der Waals surface area contributed by atoms with E-state index in [1.54, 1.807) is 6.26 Å². The third-order valence-corrected chi connectivity index (χ3v) is 5.87. The third-order valence-electron chi connectivity index (χ3n) is 5.87. The van der Waals surface area contributed by atoms with Gasteiger partial charge in [0.05, 0.1) is 18.8 Å². The number of carbonyl (C=O) groups excluding carboxylic acids is 2. The quantitative estimate of drug-likeness (QED) is 0.630. The molecule has 2 heterocycles. The molecule has 0 radical (unpaired) electrons. The van der Waals surface area contributed by atoms with Gasteiger partial charge < -0.3 is 19.2 Å². The van der Waals surface area contributed by atoms with Gasteiger partial charge in [-0.15, -0.1) is 0 Å². The number of fused-ring (bicyclic) bond motifs is 1. The van der Waals surface area contributed by atoms with Gasteiger partial charge in [0.15, 0.2) is 0 Å². The molecular weight excluding hydrogens is 382 g/mol. The highest BCUT2D eigenvalue weighted by atomic mass is 16.5. The van der Waals surface area contributed by atoms with E-state index in [0.29, 0.717) is 32.5 Å². The van der Waals surface area contributed by atoms with Crippen molar-refractivity contribution in [2.75, 3.05) is 26.9 Å². The molecule has 0 unspecified atom stereocenters. The molecule has 30 heavy (non-hydrogen) atoms. The lowest BCUT2D eigenvalue weighted by atomic mass is 9.73. The second-order valence-corrected chi connectivity index (χ2v) is 7.63. The number of hydrogen-bond donors (Lipinski definition) is 1. The van der Waals surface area contributed by atoms with Crippen molar-refractivity contribution in [2.45, 2.75) is 19.3 Å². The lowest BCUT2D eigenvalue weighted by Crippen LogP contribution is -2.47. The average Bonchev–Trinajstić information content (AvgIpc) is 3.22. The maximum Gasteiger partial charge on any atom is 0.325 e. The Kier molecular flexibility index (Phi) is 5.86. The fourth-order valence-corrected chi connectivity index (χ4v) is 4.15. The molecule has 3 aromatic rings. The molecule has 1 amide bonds. The summed E-state index contributed by atoms with van der Waals surface area (Å²) in [6, 6.07) is 16.0. The molecule has 6 heteroatoms. The fraction of sp³-hybridized carbons (Fsp3) is 0.333.